The molecule has 0 unspecified atom stereocenters. The van der Waals surface area contributed by atoms with Crippen molar-refractivity contribution in [1.29, 1.82) is 0 Å². The van der Waals surface area contributed by atoms with Crippen molar-refractivity contribution < 1.29 is 4.79 Å². The second-order valence-electron chi connectivity index (χ2n) is 3.59. The minimum atomic E-state index is 0.0271. The summed E-state index contributed by atoms with van der Waals surface area (Å²) in [7, 11) is 1.64. The van der Waals surface area contributed by atoms with Gasteiger partial charge in [-0.2, -0.15) is 0 Å². The summed E-state index contributed by atoms with van der Waals surface area (Å²) in [6, 6.07) is 8.42. The molecule has 0 saturated carbocycles. The predicted octanol–water partition coefficient (Wildman–Crippen LogP) is 0.873. The third-order valence-electron chi connectivity index (χ3n) is 2.24. The Morgan fingerprint density at radius 1 is 1.40 bits per heavy atom. The summed E-state index contributed by atoms with van der Waals surface area (Å²) in [5.74, 6) is 0.0271. The van der Waals surface area contributed by atoms with Gasteiger partial charge >= 0.3 is 0 Å². The largest absolute Gasteiger partial charge is 0.358 e. The van der Waals surface area contributed by atoms with E-state index in [9.17, 15) is 4.79 Å². The van der Waals surface area contributed by atoms with Gasteiger partial charge in [0, 0.05) is 7.05 Å². The maximum atomic E-state index is 10.9. The Labute approximate surface area is 90.9 Å². The number of hydrogen-bond donors (Lipinski definition) is 2. The summed E-state index contributed by atoms with van der Waals surface area (Å²) >= 11 is 0. The number of amides is 1. The van der Waals surface area contributed by atoms with Gasteiger partial charge in [0.1, 0.15) is 0 Å². The Morgan fingerprint density at radius 2 is 2.20 bits per heavy atom. The van der Waals surface area contributed by atoms with E-state index in [2.05, 4.69) is 41.8 Å². The third-order valence-corrected chi connectivity index (χ3v) is 2.24. The molecule has 0 atom stereocenters. The quantitative estimate of drug-likeness (QED) is 0.702. The van der Waals surface area contributed by atoms with Crippen LogP contribution in [0, 0.1) is 6.92 Å². The van der Waals surface area contributed by atoms with Crippen LogP contribution < -0.4 is 10.6 Å². The monoisotopic (exact) mass is 206 g/mol. The number of likely N-dealkylation sites (N-methyl/N-ethyl adjacent to an activating group) is 1. The highest BCUT2D eigenvalue weighted by molar-refractivity contribution is 5.77. The van der Waals surface area contributed by atoms with Gasteiger partial charge in [-0.25, -0.2) is 0 Å². The molecule has 1 rings (SSSR count). The normalized spacial score (nSPS) is 10.0. The molecule has 0 aliphatic heterocycles. The number of rotatable bonds is 5. The first kappa shape index (κ1) is 11.7. The Hall–Kier alpha value is -1.35. The van der Waals surface area contributed by atoms with Crippen molar-refractivity contribution in [3.8, 4) is 0 Å². The number of aryl methyl sites for hydroxylation is 1. The molecule has 0 aliphatic carbocycles. The average molecular weight is 206 g/mol. The topological polar surface area (TPSA) is 41.1 Å². The van der Waals surface area contributed by atoms with Crippen LogP contribution in [0.5, 0.6) is 0 Å². The zero-order valence-electron chi connectivity index (χ0n) is 9.34. The van der Waals surface area contributed by atoms with E-state index >= 15 is 0 Å². The van der Waals surface area contributed by atoms with Crippen molar-refractivity contribution in [1.82, 2.24) is 10.6 Å². The molecule has 0 saturated heterocycles. The Kier molecular flexibility index (Phi) is 4.84. The lowest BCUT2D eigenvalue weighted by Crippen LogP contribution is -2.32. The summed E-state index contributed by atoms with van der Waals surface area (Å²) in [6.45, 7) is 3.31. The molecule has 82 valence electrons. The lowest BCUT2D eigenvalue weighted by atomic mass is 10.1. The number of carbonyl (C=O) groups is 1. The molecule has 3 nitrogen and oxygen atoms in total. The molecule has 15 heavy (non-hydrogen) atoms. The fraction of sp³-hybridized carbons (Fsp3) is 0.417. The minimum absolute atomic E-state index is 0.0271. The van der Waals surface area contributed by atoms with Crippen LogP contribution in [0.25, 0.3) is 0 Å². The van der Waals surface area contributed by atoms with Gasteiger partial charge < -0.3 is 10.6 Å². The van der Waals surface area contributed by atoms with Crippen molar-refractivity contribution in [2.75, 3.05) is 20.1 Å². The molecule has 1 amide bonds. The summed E-state index contributed by atoms with van der Waals surface area (Å²) in [5, 5.41) is 5.66. The van der Waals surface area contributed by atoms with Gasteiger partial charge in [0.25, 0.3) is 0 Å². The van der Waals surface area contributed by atoms with Gasteiger partial charge in [-0.05, 0) is 25.5 Å². The Morgan fingerprint density at radius 3 is 2.87 bits per heavy atom. The fourth-order valence-electron chi connectivity index (χ4n) is 1.39. The van der Waals surface area contributed by atoms with Crippen molar-refractivity contribution in [2.45, 2.75) is 13.3 Å². The first-order chi connectivity index (χ1) is 7.22. The second kappa shape index (κ2) is 6.19. The van der Waals surface area contributed by atoms with Crippen molar-refractivity contribution >= 4 is 5.91 Å². The molecule has 0 aliphatic rings. The molecule has 3 heteroatoms. The van der Waals surface area contributed by atoms with Gasteiger partial charge in [-0.3, -0.25) is 4.79 Å². The van der Waals surface area contributed by atoms with Crippen molar-refractivity contribution in [3.05, 3.63) is 35.4 Å². The van der Waals surface area contributed by atoms with Crippen LogP contribution in [0.3, 0.4) is 0 Å². The van der Waals surface area contributed by atoms with E-state index in [0.29, 0.717) is 6.54 Å². The highest BCUT2D eigenvalue weighted by Gasteiger charge is 1.96. The number of nitrogens with one attached hydrogen (secondary N) is 2. The predicted molar refractivity (Wildman–Crippen MR) is 61.8 cm³/mol. The maximum Gasteiger partial charge on any atom is 0.233 e. The summed E-state index contributed by atoms with van der Waals surface area (Å²) in [6.07, 6.45) is 0.957. The lowest BCUT2D eigenvalue weighted by Gasteiger charge is -2.04. The van der Waals surface area contributed by atoms with Crippen LogP contribution in [0.15, 0.2) is 24.3 Å². The van der Waals surface area contributed by atoms with E-state index in [1.54, 1.807) is 7.05 Å². The van der Waals surface area contributed by atoms with Crippen molar-refractivity contribution in [2.24, 2.45) is 0 Å². The minimum Gasteiger partial charge on any atom is -0.358 e. The molecule has 0 fully saturated rings. The number of carbonyl (C=O) groups excluding carboxylic acids is 1. The smallest absolute Gasteiger partial charge is 0.233 e. The third kappa shape index (κ3) is 4.61. The Bertz CT molecular complexity index is 323. The molecule has 2 N–H and O–H groups in total. The zero-order chi connectivity index (χ0) is 11.1. The van der Waals surface area contributed by atoms with Crippen LogP contribution in [0.4, 0.5) is 0 Å². The van der Waals surface area contributed by atoms with E-state index in [0.717, 1.165) is 13.0 Å². The first-order valence-corrected chi connectivity index (χ1v) is 5.19. The van der Waals surface area contributed by atoms with Gasteiger partial charge in [0.05, 0.1) is 6.54 Å². The average Bonchev–Trinajstić information content (AvgIpc) is 2.24. The maximum absolute atomic E-state index is 10.9. The van der Waals surface area contributed by atoms with Crippen LogP contribution in [-0.2, 0) is 11.2 Å². The molecular formula is C12H18N2O. The fourth-order valence-corrected chi connectivity index (χ4v) is 1.39. The van der Waals surface area contributed by atoms with Crippen LogP contribution in [-0.4, -0.2) is 26.0 Å². The second-order valence-corrected chi connectivity index (χ2v) is 3.59. The standard InChI is InChI=1S/C12H18N2O/c1-10-4-3-5-11(8-10)6-7-14-9-12(15)13-2/h3-5,8,14H,6-7,9H2,1-2H3,(H,13,15). The molecule has 0 radical (unpaired) electrons. The van der Waals surface area contributed by atoms with Gasteiger partial charge in [0.2, 0.25) is 5.91 Å². The van der Waals surface area contributed by atoms with E-state index in [-0.39, 0.29) is 5.91 Å². The SMILES string of the molecule is CNC(=O)CNCCc1cccc(C)c1. The van der Waals surface area contributed by atoms with E-state index < -0.39 is 0 Å². The van der Waals surface area contributed by atoms with E-state index in [4.69, 9.17) is 0 Å². The summed E-state index contributed by atoms with van der Waals surface area (Å²) < 4.78 is 0. The van der Waals surface area contributed by atoms with Crippen LogP contribution in [0.2, 0.25) is 0 Å². The molecule has 0 bridgehead atoms. The molecule has 0 heterocycles. The molecular weight excluding hydrogens is 188 g/mol. The first-order valence-electron chi connectivity index (χ1n) is 5.19. The van der Waals surface area contributed by atoms with Crippen LogP contribution >= 0.6 is 0 Å². The summed E-state index contributed by atoms with van der Waals surface area (Å²) in [5.41, 5.74) is 2.58. The zero-order valence-corrected chi connectivity index (χ0v) is 9.34. The lowest BCUT2D eigenvalue weighted by molar-refractivity contribution is -0.119. The number of benzene rings is 1. The highest BCUT2D eigenvalue weighted by atomic mass is 16.1. The summed E-state index contributed by atoms with van der Waals surface area (Å²) in [4.78, 5) is 10.9. The Balaban J connectivity index is 2.23. The van der Waals surface area contributed by atoms with Gasteiger partial charge in [-0.1, -0.05) is 29.8 Å². The molecule has 1 aromatic rings. The van der Waals surface area contributed by atoms with Crippen LogP contribution in [0.1, 0.15) is 11.1 Å². The van der Waals surface area contributed by atoms with E-state index in [1.807, 2.05) is 0 Å². The molecule has 0 spiro atoms. The van der Waals surface area contributed by atoms with Crippen molar-refractivity contribution in [3.63, 3.8) is 0 Å². The highest BCUT2D eigenvalue weighted by Crippen LogP contribution is 2.03. The molecule has 0 aromatic heterocycles. The molecule has 1 aromatic carbocycles. The van der Waals surface area contributed by atoms with E-state index in [1.165, 1.54) is 11.1 Å². The number of hydrogen-bond acceptors (Lipinski definition) is 2. The van der Waals surface area contributed by atoms with Gasteiger partial charge in [0.15, 0.2) is 0 Å². The van der Waals surface area contributed by atoms with Gasteiger partial charge in [-0.15, -0.1) is 0 Å².